The Morgan fingerprint density at radius 1 is 1.34 bits per heavy atom. The zero-order valence-electron chi connectivity index (χ0n) is 21.5. The van der Waals surface area contributed by atoms with E-state index < -0.39 is 5.54 Å². The Morgan fingerprint density at radius 3 is 2.74 bits per heavy atom. The molecular weight excluding hydrogens is 445 g/mol. The SMILES string of the molecule is C/C=C(F)\C=C/C(C)C(C)(COC)N1CCC/C(=C\c2ccc(-n3cnc(C)c3)c(OC)c2)C1=O. The first-order valence-electron chi connectivity index (χ1n) is 11.9. The molecule has 35 heavy (non-hydrogen) atoms. The lowest BCUT2D eigenvalue weighted by molar-refractivity contribution is -0.139. The summed E-state index contributed by atoms with van der Waals surface area (Å²) in [5.41, 5.74) is 2.82. The van der Waals surface area contributed by atoms with Gasteiger partial charge in [-0.3, -0.25) is 4.79 Å². The van der Waals surface area contributed by atoms with Crippen molar-refractivity contribution in [2.45, 2.75) is 46.1 Å². The molecule has 1 aromatic carbocycles. The zero-order valence-corrected chi connectivity index (χ0v) is 21.5. The van der Waals surface area contributed by atoms with Gasteiger partial charge in [0.1, 0.15) is 11.6 Å². The number of likely N-dealkylation sites (tertiary alicyclic amines) is 1. The van der Waals surface area contributed by atoms with Crippen molar-refractivity contribution < 1.29 is 18.7 Å². The van der Waals surface area contributed by atoms with E-state index in [0.717, 1.165) is 28.9 Å². The van der Waals surface area contributed by atoms with Gasteiger partial charge in [0.15, 0.2) is 0 Å². The molecule has 188 valence electrons. The van der Waals surface area contributed by atoms with Crippen molar-refractivity contribution in [1.29, 1.82) is 0 Å². The number of halogens is 1. The highest BCUT2D eigenvalue weighted by molar-refractivity contribution is 5.99. The highest BCUT2D eigenvalue weighted by atomic mass is 19.1. The summed E-state index contributed by atoms with van der Waals surface area (Å²) in [5, 5.41) is 0. The molecule has 1 saturated heterocycles. The highest BCUT2D eigenvalue weighted by Gasteiger charge is 2.41. The summed E-state index contributed by atoms with van der Waals surface area (Å²) in [4.78, 5) is 19.8. The third-order valence-corrected chi connectivity index (χ3v) is 6.74. The molecule has 0 radical (unpaired) electrons. The fourth-order valence-electron chi connectivity index (χ4n) is 4.47. The van der Waals surface area contributed by atoms with Crippen molar-refractivity contribution in [3.63, 3.8) is 0 Å². The molecule has 6 nitrogen and oxygen atoms in total. The number of allylic oxidation sites excluding steroid dienone is 3. The van der Waals surface area contributed by atoms with Crippen LogP contribution in [0.5, 0.6) is 5.75 Å². The summed E-state index contributed by atoms with van der Waals surface area (Å²) in [7, 11) is 3.26. The Balaban J connectivity index is 1.91. The predicted molar refractivity (Wildman–Crippen MR) is 137 cm³/mol. The summed E-state index contributed by atoms with van der Waals surface area (Å²) in [6.45, 7) is 8.56. The molecule has 1 fully saturated rings. The minimum atomic E-state index is -0.614. The molecule has 1 aliphatic heterocycles. The summed E-state index contributed by atoms with van der Waals surface area (Å²) in [5.74, 6) is 0.265. The maximum absolute atomic E-state index is 13.7. The largest absolute Gasteiger partial charge is 0.495 e. The Morgan fingerprint density at radius 2 is 2.11 bits per heavy atom. The van der Waals surface area contributed by atoms with E-state index in [1.165, 1.54) is 12.2 Å². The predicted octanol–water partition coefficient (Wildman–Crippen LogP) is 5.67. The number of hydrogen-bond donors (Lipinski definition) is 0. The third-order valence-electron chi connectivity index (χ3n) is 6.74. The number of nitrogens with zero attached hydrogens (tertiary/aromatic N) is 3. The van der Waals surface area contributed by atoms with Gasteiger partial charge in [0.2, 0.25) is 5.91 Å². The molecule has 0 N–H and O–H groups in total. The van der Waals surface area contributed by atoms with Crippen LogP contribution in [0.3, 0.4) is 0 Å². The highest BCUT2D eigenvalue weighted by Crippen LogP contribution is 2.34. The minimum absolute atomic E-state index is 0.0177. The number of hydrogen-bond acceptors (Lipinski definition) is 4. The number of imidazole rings is 1. The van der Waals surface area contributed by atoms with Crippen molar-refractivity contribution >= 4 is 12.0 Å². The average molecular weight is 482 g/mol. The van der Waals surface area contributed by atoms with Gasteiger partial charge in [0, 0.05) is 25.4 Å². The molecule has 0 bridgehead atoms. The molecule has 0 saturated carbocycles. The number of methoxy groups -OCH3 is 2. The van der Waals surface area contributed by atoms with Crippen LogP contribution in [0.2, 0.25) is 0 Å². The number of aromatic nitrogens is 2. The van der Waals surface area contributed by atoms with E-state index in [9.17, 15) is 9.18 Å². The number of rotatable bonds is 9. The molecule has 3 rings (SSSR count). The number of piperidine rings is 1. The maximum atomic E-state index is 13.7. The van der Waals surface area contributed by atoms with Gasteiger partial charge in [-0.25, -0.2) is 9.37 Å². The fraction of sp³-hybridized carbons (Fsp3) is 0.429. The van der Waals surface area contributed by atoms with E-state index in [0.29, 0.717) is 25.3 Å². The zero-order chi connectivity index (χ0) is 25.6. The van der Waals surface area contributed by atoms with Gasteiger partial charge in [-0.15, -0.1) is 0 Å². The summed E-state index contributed by atoms with van der Waals surface area (Å²) < 4.78 is 26.8. The molecule has 2 atom stereocenters. The van der Waals surface area contributed by atoms with E-state index in [1.807, 2.05) is 60.7 Å². The minimum Gasteiger partial charge on any atom is -0.495 e. The van der Waals surface area contributed by atoms with E-state index >= 15 is 0 Å². The lowest BCUT2D eigenvalue weighted by Crippen LogP contribution is -2.58. The number of carbonyl (C=O) groups is 1. The molecule has 2 heterocycles. The second-order valence-electron chi connectivity index (χ2n) is 9.20. The molecule has 0 aliphatic carbocycles. The van der Waals surface area contributed by atoms with Crippen LogP contribution in [0.1, 0.15) is 44.9 Å². The van der Waals surface area contributed by atoms with Gasteiger partial charge in [0.05, 0.1) is 37.0 Å². The average Bonchev–Trinajstić information content (AvgIpc) is 3.29. The maximum Gasteiger partial charge on any atom is 0.250 e. The van der Waals surface area contributed by atoms with Gasteiger partial charge in [-0.05, 0) is 69.4 Å². The van der Waals surface area contributed by atoms with Crippen LogP contribution in [0.15, 0.2) is 60.4 Å². The molecule has 1 aliphatic rings. The molecule has 2 unspecified atom stereocenters. The van der Waals surface area contributed by atoms with Crippen molar-refractivity contribution in [1.82, 2.24) is 14.5 Å². The Bertz CT molecular complexity index is 1130. The van der Waals surface area contributed by atoms with Crippen LogP contribution >= 0.6 is 0 Å². The normalized spacial score (nSPS) is 18.8. The lowest BCUT2D eigenvalue weighted by Gasteiger charge is -2.46. The van der Waals surface area contributed by atoms with Gasteiger partial charge < -0.3 is 18.9 Å². The van der Waals surface area contributed by atoms with E-state index in [-0.39, 0.29) is 17.7 Å². The number of ether oxygens (including phenoxy) is 2. The molecule has 2 aromatic rings. The van der Waals surface area contributed by atoms with Gasteiger partial charge in [0.25, 0.3) is 0 Å². The van der Waals surface area contributed by atoms with Crippen molar-refractivity contribution in [3.05, 3.63) is 71.6 Å². The Kier molecular flexibility index (Phi) is 8.67. The summed E-state index contributed by atoms with van der Waals surface area (Å²) >= 11 is 0. The Hall–Kier alpha value is -3.19. The molecule has 0 spiro atoms. The number of carbonyl (C=O) groups excluding carboxylic acids is 1. The van der Waals surface area contributed by atoms with E-state index in [1.54, 1.807) is 33.5 Å². The molecule has 1 aromatic heterocycles. The van der Waals surface area contributed by atoms with E-state index in [4.69, 9.17) is 9.47 Å². The number of benzene rings is 1. The number of aryl methyl sites for hydroxylation is 1. The summed E-state index contributed by atoms with van der Waals surface area (Å²) in [6, 6.07) is 5.88. The standard InChI is InChI=1S/C28H36FN3O3/c1-7-24(29)12-10-20(2)28(4,18-34-5)32-14-8-9-23(27(32)33)15-22-11-13-25(26(16-22)35-6)31-17-21(3)30-19-31/h7,10-13,15-17,19-20H,8-9,14,18H2,1-6H3/b12-10-,23-15+,24-7+. The fourth-order valence-corrected chi connectivity index (χ4v) is 4.47. The molecule has 7 heteroatoms. The smallest absolute Gasteiger partial charge is 0.250 e. The first-order chi connectivity index (χ1) is 16.7. The lowest BCUT2D eigenvalue weighted by atomic mass is 9.83. The third kappa shape index (κ3) is 5.90. The van der Waals surface area contributed by atoms with Crippen LogP contribution in [0, 0.1) is 12.8 Å². The molecule has 1 amide bonds. The van der Waals surface area contributed by atoms with Crippen LogP contribution in [-0.2, 0) is 9.53 Å². The monoisotopic (exact) mass is 481 g/mol. The van der Waals surface area contributed by atoms with Crippen LogP contribution in [0.4, 0.5) is 4.39 Å². The quantitative estimate of drug-likeness (QED) is 0.342. The van der Waals surface area contributed by atoms with Gasteiger partial charge >= 0.3 is 0 Å². The van der Waals surface area contributed by atoms with Crippen molar-refractivity contribution in [3.8, 4) is 11.4 Å². The van der Waals surface area contributed by atoms with Gasteiger partial charge in [-0.1, -0.05) is 25.1 Å². The van der Waals surface area contributed by atoms with Crippen molar-refractivity contribution in [2.75, 3.05) is 27.4 Å². The first-order valence-corrected chi connectivity index (χ1v) is 11.9. The second kappa shape index (κ2) is 11.5. The Labute approximate surface area is 207 Å². The van der Waals surface area contributed by atoms with Gasteiger partial charge in [-0.2, -0.15) is 0 Å². The first kappa shape index (κ1) is 26.4. The van der Waals surface area contributed by atoms with Crippen molar-refractivity contribution in [2.24, 2.45) is 5.92 Å². The van der Waals surface area contributed by atoms with Crippen LogP contribution < -0.4 is 4.74 Å². The van der Waals surface area contributed by atoms with Crippen LogP contribution in [-0.4, -0.2) is 53.3 Å². The second-order valence-corrected chi connectivity index (χ2v) is 9.20. The topological polar surface area (TPSA) is 56.6 Å². The molecular formula is C28H36FN3O3. The van der Waals surface area contributed by atoms with E-state index in [2.05, 4.69) is 4.98 Å². The summed E-state index contributed by atoms with van der Waals surface area (Å²) in [6.07, 6.45) is 11.8. The van der Waals surface area contributed by atoms with Crippen LogP contribution in [0.25, 0.3) is 11.8 Å². The number of amides is 1.